The van der Waals surface area contributed by atoms with Crippen molar-refractivity contribution < 1.29 is 4.74 Å². The van der Waals surface area contributed by atoms with Gasteiger partial charge in [0.2, 0.25) is 0 Å². The molecule has 4 heteroatoms. The molecule has 2 nitrogen and oxygen atoms in total. The quantitative estimate of drug-likeness (QED) is 0.895. The Bertz CT molecular complexity index is 570. The minimum absolute atomic E-state index is 0.131. The fourth-order valence-corrected chi connectivity index (χ4v) is 2.19. The molecule has 2 aromatic rings. The molecule has 0 bridgehead atoms. The van der Waals surface area contributed by atoms with E-state index >= 15 is 0 Å². The number of hydrogen-bond donors (Lipinski definition) is 1. The van der Waals surface area contributed by atoms with Gasteiger partial charge in [0.15, 0.2) is 0 Å². The van der Waals surface area contributed by atoms with Crippen LogP contribution in [0.3, 0.4) is 0 Å². The maximum Gasteiger partial charge on any atom is 0.124 e. The van der Waals surface area contributed by atoms with Crippen LogP contribution < -0.4 is 10.5 Å². The predicted molar refractivity (Wildman–Crippen MR) is 79.8 cm³/mol. The van der Waals surface area contributed by atoms with Crippen LogP contribution in [0.1, 0.15) is 24.1 Å². The molecule has 2 aromatic carbocycles. The molecular formula is C15H15Cl2NO. The summed E-state index contributed by atoms with van der Waals surface area (Å²) in [7, 11) is 0. The Labute approximate surface area is 123 Å². The van der Waals surface area contributed by atoms with Gasteiger partial charge in [-0.3, -0.25) is 0 Å². The minimum Gasteiger partial charge on any atom is -0.489 e. The van der Waals surface area contributed by atoms with Crippen molar-refractivity contribution in [3.05, 3.63) is 63.6 Å². The van der Waals surface area contributed by atoms with Crippen molar-refractivity contribution in [3.63, 3.8) is 0 Å². The first kappa shape index (κ1) is 14.2. The molecular weight excluding hydrogens is 281 g/mol. The van der Waals surface area contributed by atoms with Crippen LogP contribution in [0.25, 0.3) is 0 Å². The second-order valence-corrected chi connectivity index (χ2v) is 5.26. The van der Waals surface area contributed by atoms with E-state index in [9.17, 15) is 0 Å². The monoisotopic (exact) mass is 295 g/mol. The number of halogens is 2. The van der Waals surface area contributed by atoms with Crippen molar-refractivity contribution in [1.82, 2.24) is 0 Å². The summed E-state index contributed by atoms with van der Waals surface area (Å²) in [6.45, 7) is 2.35. The zero-order chi connectivity index (χ0) is 13.8. The van der Waals surface area contributed by atoms with Crippen molar-refractivity contribution in [2.45, 2.75) is 19.6 Å². The van der Waals surface area contributed by atoms with E-state index in [-0.39, 0.29) is 6.04 Å². The van der Waals surface area contributed by atoms with Crippen LogP contribution in [0.15, 0.2) is 42.5 Å². The first-order valence-electron chi connectivity index (χ1n) is 5.98. The van der Waals surface area contributed by atoms with E-state index in [1.54, 1.807) is 6.07 Å². The summed E-state index contributed by atoms with van der Waals surface area (Å²) < 4.78 is 5.80. The van der Waals surface area contributed by atoms with Gasteiger partial charge in [-0.2, -0.15) is 0 Å². The molecule has 0 unspecified atom stereocenters. The summed E-state index contributed by atoms with van der Waals surface area (Å²) in [6.07, 6.45) is 0. The van der Waals surface area contributed by atoms with Crippen molar-refractivity contribution in [1.29, 1.82) is 0 Å². The Morgan fingerprint density at radius 2 is 1.84 bits per heavy atom. The van der Waals surface area contributed by atoms with Crippen LogP contribution in [0.2, 0.25) is 10.0 Å². The van der Waals surface area contributed by atoms with Crippen LogP contribution in [-0.4, -0.2) is 0 Å². The topological polar surface area (TPSA) is 35.2 Å². The lowest BCUT2D eigenvalue weighted by Crippen LogP contribution is -2.08. The molecule has 19 heavy (non-hydrogen) atoms. The van der Waals surface area contributed by atoms with Gasteiger partial charge in [-0.15, -0.1) is 0 Å². The Kier molecular flexibility index (Phi) is 4.70. The van der Waals surface area contributed by atoms with Gasteiger partial charge < -0.3 is 10.5 Å². The molecule has 1 atom stereocenters. The number of hydrogen-bond acceptors (Lipinski definition) is 2. The predicted octanol–water partition coefficient (Wildman–Crippen LogP) is 4.59. The van der Waals surface area contributed by atoms with Crippen LogP contribution in [0, 0.1) is 0 Å². The highest BCUT2D eigenvalue weighted by molar-refractivity contribution is 6.30. The van der Waals surface area contributed by atoms with Gasteiger partial charge in [-0.05, 0) is 42.8 Å². The minimum atomic E-state index is -0.131. The van der Waals surface area contributed by atoms with Crippen LogP contribution in [0.5, 0.6) is 5.75 Å². The van der Waals surface area contributed by atoms with Gasteiger partial charge >= 0.3 is 0 Å². The van der Waals surface area contributed by atoms with Crippen molar-refractivity contribution in [2.24, 2.45) is 5.73 Å². The smallest absolute Gasteiger partial charge is 0.124 e. The Balaban J connectivity index is 2.15. The molecule has 100 valence electrons. The van der Waals surface area contributed by atoms with Gasteiger partial charge in [0.25, 0.3) is 0 Å². The van der Waals surface area contributed by atoms with Gasteiger partial charge in [0, 0.05) is 21.7 Å². The van der Waals surface area contributed by atoms with Crippen LogP contribution in [-0.2, 0) is 6.61 Å². The third kappa shape index (κ3) is 3.87. The fourth-order valence-electron chi connectivity index (χ4n) is 1.79. The SMILES string of the molecule is C[C@H](N)c1cc(Cl)ccc1OCc1cccc(Cl)c1. The van der Waals surface area contributed by atoms with Gasteiger partial charge in [0.1, 0.15) is 12.4 Å². The maximum absolute atomic E-state index is 5.97. The van der Waals surface area contributed by atoms with Gasteiger partial charge in [-0.1, -0.05) is 35.3 Å². The molecule has 0 saturated carbocycles. The first-order valence-corrected chi connectivity index (χ1v) is 6.74. The molecule has 0 aliphatic heterocycles. The number of nitrogens with two attached hydrogens (primary N) is 1. The zero-order valence-electron chi connectivity index (χ0n) is 10.6. The number of ether oxygens (including phenoxy) is 1. The molecule has 0 aliphatic carbocycles. The summed E-state index contributed by atoms with van der Waals surface area (Å²) >= 11 is 11.9. The summed E-state index contributed by atoms with van der Waals surface area (Å²) in [5.74, 6) is 0.749. The Morgan fingerprint density at radius 1 is 1.11 bits per heavy atom. The van der Waals surface area contributed by atoms with Crippen molar-refractivity contribution in [2.75, 3.05) is 0 Å². The molecule has 0 amide bonds. The first-order chi connectivity index (χ1) is 9.06. The molecule has 0 fully saturated rings. The van der Waals surface area contributed by atoms with Gasteiger partial charge in [-0.25, -0.2) is 0 Å². The summed E-state index contributed by atoms with van der Waals surface area (Å²) in [5.41, 5.74) is 7.83. The van der Waals surface area contributed by atoms with Crippen molar-refractivity contribution >= 4 is 23.2 Å². The van der Waals surface area contributed by atoms with E-state index in [1.807, 2.05) is 43.3 Å². The molecule has 0 aliphatic rings. The van der Waals surface area contributed by atoms with E-state index < -0.39 is 0 Å². The molecule has 2 N–H and O–H groups in total. The van der Waals surface area contributed by atoms with Crippen LogP contribution in [0.4, 0.5) is 0 Å². The highest BCUT2D eigenvalue weighted by atomic mass is 35.5. The maximum atomic E-state index is 5.97. The summed E-state index contributed by atoms with van der Waals surface area (Å²) in [6, 6.07) is 12.9. The van der Waals surface area contributed by atoms with Gasteiger partial charge in [0.05, 0.1) is 0 Å². The Hall–Kier alpha value is -1.22. The highest BCUT2D eigenvalue weighted by Crippen LogP contribution is 2.28. The zero-order valence-corrected chi connectivity index (χ0v) is 12.1. The average molecular weight is 296 g/mol. The number of benzene rings is 2. The third-order valence-electron chi connectivity index (χ3n) is 2.75. The fraction of sp³-hybridized carbons (Fsp3) is 0.200. The normalized spacial score (nSPS) is 12.2. The summed E-state index contributed by atoms with van der Waals surface area (Å²) in [5, 5.41) is 1.35. The lowest BCUT2D eigenvalue weighted by Gasteiger charge is -2.14. The standard InChI is InChI=1S/C15H15Cl2NO/c1-10(18)14-8-13(17)5-6-15(14)19-9-11-3-2-4-12(16)7-11/h2-8,10H,9,18H2,1H3/t10-/m0/s1. The highest BCUT2D eigenvalue weighted by Gasteiger charge is 2.09. The molecule has 0 radical (unpaired) electrons. The number of rotatable bonds is 4. The molecule has 2 rings (SSSR count). The third-order valence-corrected chi connectivity index (χ3v) is 3.22. The lowest BCUT2D eigenvalue weighted by atomic mass is 10.1. The van der Waals surface area contributed by atoms with E-state index in [0.29, 0.717) is 16.7 Å². The summed E-state index contributed by atoms with van der Waals surface area (Å²) in [4.78, 5) is 0. The average Bonchev–Trinajstić information content (AvgIpc) is 2.37. The largest absolute Gasteiger partial charge is 0.489 e. The molecule has 0 heterocycles. The second-order valence-electron chi connectivity index (χ2n) is 4.39. The second kappa shape index (κ2) is 6.29. The Morgan fingerprint density at radius 3 is 2.53 bits per heavy atom. The van der Waals surface area contributed by atoms with Crippen LogP contribution >= 0.6 is 23.2 Å². The van der Waals surface area contributed by atoms with Crippen molar-refractivity contribution in [3.8, 4) is 5.75 Å². The van der Waals surface area contributed by atoms with E-state index in [4.69, 9.17) is 33.7 Å². The van der Waals surface area contributed by atoms with E-state index in [0.717, 1.165) is 16.9 Å². The van der Waals surface area contributed by atoms with E-state index in [1.165, 1.54) is 0 Å². The lowest BCUT2D eigenvalue weighted by molar-refractivity contribution is 0.301. The molecule has 0 aromatic heterocycles. The molecule has 0 saturated heterocycles. The van der Waals surface area contributed by atoms with E-state index in [2.05, 4.69) is 0 Å². The molecule has 0 spiro atoms.